The van der Waals surface area contributed by atoms with E-state index in [-0.39, 0.29) is 18.6 Å². The van der Waals surface area contributed by atoms with Crippen LogP contribution in [0.5, 0.6) is 0 Å². The van der Waals surface area contributed by atoms with Gasteiger partial charge in [0.15, 0.2) is 0 Å². The van der Waals surface area contributed by atoms with Crippen LogP contribution in [0.4, 0.5) is 4.79 Å². The van der Waals surface area contributed by atoms with Gasteiger partial charge in [0.2, 0.25) is 0 Å². The van der Waals surface area contributed by atoms with E-state index in [1.807, 2.05) is 0 Å². The van der Waals surface area contributed by atoms with Crippen molar-refractivity contribution >= 4 is 12.0 Å². The van der Waals surface area contributed by atoms with E-state index >= 15 is 0 Å². The zero-order valence-corrected chi connectivity index (χ0v) is 9.91. The number of amides is 2. The molecule has 2 amide bonds. The molecule has 0 aliphatic carbocycles. The van der Waals surface area contributed by atoms with Crippen LogP contribution in [0.15, 0.2) is 0 Å². The Balaban J connectivity index is 4.15. The maximum atomic E-state index is 11.6. The van der Waals surface area contributed by atoms with E-state index in [0.29, 0.717) is 13.0 Å². The third-order valence-electron chi connectivity index (χ3n) is 1.89. The Kier molecular flexibility index (Phi) is 6.77. The molecule has 0 saturated carbocycles. The number of carboxylic acids is 1. The molecule has 5 heteroatoms. The SMILES string of the molecule is CC#CCCNC(=O)N(CC(=O)O)C(C)C. The molecule has 0 aliphatic rings. The molecule has 0 radical (unpaired) electrons. The fraction of sp³-hybridized carbons (Fsp3) is 0.636. The Morgan fingerprint density at radius 3 is 2.50 bits per heavy atom. The fourth-order valence-electron chi connectivity index (χ4n) is 1.09. The van der Waals surface area contributed by atoms with Crippen molar-refractivity contribution in [1.82, 2.24) is 10.2 Å². The Morgan fingerprint density at radius 1 is 1.44 bits per heavy atom. The molecule has 0 aromatic rings. The lowest BCUT2D eigenvalue weighted by molar-refractivity contribution is -0.138. The second-order valence-electron chi connectivity index (χ2n) is 3.52. The molecule has 0 bridgehead atoms. The lowest BCUT2D eigenvalue weighted by atomic mass is 10.3. The first kappa shape index (κ1) is 14.3. The molecule has 0 atom stereocenters. The van der Waals surface area contributed by atoms with E-state index in [1.54, 1.807) is 20.8 Å². The van der Waals surface area contributed by atoms with Crippen molar-refractivity contribution in [2.24, 2.45) is 0 Å². The number of nitrogens with zero attached hydrogens (tertiary/aromatic N) is 1. The van der Waals surface area contributed by atoms with E-state index in [4.69, 9.17) is 5.11 Å². The molecule has 2 N–H and O–H groups in total. The second kappa shape index (κ2) is 7.57. The third-order valence-corrected chi connectivity index (χ3v) is 1.89. The van der Waals surface area contributed by atoms with E-state index in [2.05, 4.69) is 17.2 Å². The van der Waals surface area contributed by atoms with Crippen LogP contribution in [-0.4, -0.2) is 41.1 Å². The van der Waals surface area contributed by atoms with E-state index < -0.39 is 5.97 Å². The number of carbonyl (C=O) groups excluding carboxylic acids is 1. The maximum Gasteiger partial charge on any atom is 0.323 e. The number of rotatable bonds is 5. The van der Waals surface area contributed by atoms with Gasteiger partial charge in [-0.15, -0.1) is 11.8 Å². The average Bonchev–Trinajstić information content (AvgIpc) is 2.20. The summed E-state index contributed by atoms with van der Waals surface area (Å²) in [5, 5.41) is 11.3. The zero-order valence-electron chi connectivity index (χ0n) is 9.91. The highest BCUT2D eigenvalue weighted by Gasteiger charge is 2.18. The van der Waals surface area contributed by atoms with Gasteiger partial charge in [-0.3, -0.25) is 4.79 Å². The standard InChI is InChI=1S/C11H18N2O3/c1-4-5-6-7-12-11(16)13(9(2)3)8-10(14)15/h9H,6-8H2,1-3H3,(H,12,16)(H,14,15). The van der Waals surface area contributed by atoms with Crippen LogP contribution in [0.3, 0.4) is 0 Å². The highest BCUT2D eigenvalue weighted by molar-refractivity contribution is 5.80. The van der Waals surface area contributed by atoms with Gasteiger partial charge >= 0.3 is 12.0 Å². The second-order valence-corrected chi connectivity index (χ2v) is 3.52. The first-order chi connectivity index (χ1) is 7.49. The molecular formula is C11H18N2O3. The van der Waals surface area contributed by atoms with Crippen molar-refractivity contribution in [2.45, 2.75) is 33.2 Å². The van der Waals surface area contributed by atoms with Gasteiger partial charge in [0.25, 0.3) is 0 Å². The van der Waals surface area contributed by atoms with E-state index in [1.165, 1.54) is 4.90 Å². The van der Waals surface area contributed by atoms with Crippen molar-refractivity contribution in [3.63, 3.8) is 0 Å². The summed E-state index contributed by atoms with van der Waals surface area (Å²) < 4.78 is 0. The molecular weight excluding hydrogens is 208 g/mol. The molecule has 0 rings (SSSR count). The quantitative estimate of drug-likeness (QED) is 0.540. The minimum atomic E-state index is -1.02. The predicted molar refractivity (Wildman–Crippen MR) is 60.9 cm³/mol. The summed E-state index contributed by atoms with van der Waals surface area (Å²) in [6.07, 6.45) is 0.571. The van der Waals surface area contributed by atoms with Crippen molar-refractivity contribution < 1.29 is 14.7 Å². The molecule has 5 nitrogen and oxygen atoms in total. The topological polar surface area (TPSA) is 69.6 Å². The fourth-order valence-corrected chi connectivity index (χ4v) is 1.09. The molecule has 90 valence electrons. The molecule has 0 aromatic heterocycles. The van der Waals surface area contributed by atoms with Crippen molar-refractivity contribution in [2.75, 3.05) is 13.1 Å². The van der Waals surface area contributed by atoms with Gasteiger partial charge in [-0.2, -0.15) is 0 Å². The van der Waals surface area contributed by atoms with Crippen LogP contribution in [0.2, 0.25) is 0 Å². The number of nitrogens with one attached hydrogen (secondary N) is 1. The largest absolute Gasteiger partial charge is 0.480 e. The zero-order chi connectivity index (χ0) is 12.6. The molecule has 0 aliphatic heterocycles. The lowest BCUT2D eigenvalue weighted by Crippen LogP contribution is -2.46. The Morgan fingerprint density at radius 2 is 2.06 bits per heavy atom. The number of carboxylic acid groups (broad SMARTS) is 1. The summed E-state index contributed by atoms with van der Waals surface area (Å²) in [6.45, 7) is 5.42. The molecule has 16 heavy (non-hydrogen) atoms. The van der Waals surface area contributed by atoms with E-state index in [9.17, 15) is 9.59 Å². The number of carbonyl (C=O) groups is 2. The summed E-state index contributed by atoms with van der Waals surface area (Å²) in [5.74, 6) is 4.51. The van der Waals surface area contributed by atoms with Crippen molar-refractivity contribution in [1.29, 1.82) is 0 Å². The summed E-state index contributed by atoms with van der Waals surface area (Å²) >= 11 is 0. The average molecular weight is 226 g/mol. The van der Waals surface area contributed by atoms with Crippen LogP contribution >= 0.6 is 0 Å². The lowest BCUT2D eigenvalue weighted by Gasteiger charge is -2.24. The molecule has 0 heterocycles. The summed E-state index contributed by atoms with van der Waals surface area (Å²) in [5.41, 5.74) is 0. The van der Waals surface area contributed by atoms with Crippen LogP contribution in [0, 0.1) is 11.8 Å². The first-order valence-electron chi connectivity index (χ1n) is 5.15. The number of aliphatic carboxylic acids is 1. The minimum absolute atomic E-state index is 0.145. The van der Waals surface area contributed by atoms with Crippen molar-refractivity contribution in [3.05, 3.63) is 0 Å². The first-order valence-corrected chi connectivity index (χ1v) is 5.15. The van der Waals surface area contributed by atoms with Gasteiger partial charge in [-0.1, -0.05) is 0 Å². The Labute approximate surface area is 95.8 Å². The molecule has 0 unspecified atom stereocenters. The third kappa shape index (κ3) is 5.91. The van der Waals surface area contributed by atoms with Crippen molar-refractivity contribution in [3.8, 4) is 11.8 Å². The van der Waals surface area contributed by atoms with Gasteiger partial charge in [-0.25, -0.2) is 4.79 Å². The summed E-state index contributed by atoms with van der Waals surface area (Å²) in [4.78, 5) is 23.4. The monoisotopic (exact) mass is 226 g/mol. The van der Waals surface area contributed by atoms with E-state index in [0.717, 1.165) is 0 Å². The van der Waals surface area contributed by atoms with Gasteiger partial charge < -0.3 is 15.3 Å². The number of urea groups is 1. The molecule has 0 aromatic carbocycles. The van der Waals surface area contributed by atoms with Gasteiger partial charge in [0, 0.05) is 19.0 Å². The normalized spacial score (nSPS) is 9.25. The van der Waals surface area contributed by atoms with Gasteiger partial charge in [-0.05, 0) is 20.8 Å². The Hall–Kier alpha value is -1.70. The van der Waals surface area contributed by atoms with Crippen LogP contribution in [0.25, 0.3) is 0 Å². The summed E-state index contributed by atoms with van der Waals surface area (Å²) in [6, 6.07) is -0.510. The highest BCUT2D eigenvalue weighted by atomic mass is 16.4. The smallest absolute Gasteiger partial charge is 0.323 e. The summed E-state index contributed by atoms with van der Waals surface area (Å²) in [7, 11) is 0. The molecule has 0 spiro atoms. The number of hydrogen-bond donors (Lipinski definition) is 2. The van der Waals surface area contributed by atoms with Crippen LogP contribution < -0.4 is 5.32 Å². The van der Waals surface area contributed by atoms with Gasteiger partial charge in [0.1, 0.15) is 6.54 Å². The van der Waals surface area contributed by atoms with Gasteiger partial charge in [0.05, 0.1) is 0 Å². The number of hydrogen-bond acceptors (Lipinski definition) is 2. The molecule has 0 saturated heterocycles. The molecule has 0 fully saturated rings. The maximum absolute atomic E-state index is 11.6. The van der Waals surface area contributed by atoms with Crippen LogP contribution in [-0.2, 0) is 4.79 Å². The minimum Gasteiger partial charge on any atom is -0.480 e. The predicted octanol–water partition coefficient (Wildman–Crippen LogP) is 0.904. The van der Waals surface area contributed by atoms with Crippen LogP contribution in [0.1, 0.15) is 27.2 Å². The Bertz CT molecular complexity index is 302. The highest BCUT2D eigenvalue weighted by Crippen LogP contribution is 1.98.